The van der Waals surface area contributed by atoms with Gasteiger partial charge in [0.15, 0.2) is 0 Å². The summed E-state index contributed by atoms with van der Waals surface area (Å²) in [6.07, 6.45) is 8.74. The van der Waals surface area contributed by atoms with Crippen molar-refractivity contribution in [2.24, 2.45) is 0 Å². The topological polar surface area (TPSA) is 40.5 Å². The summed E-state index contributed by atoms with van der Waals surface area (Å²) in [5.41, 5.74) is 3.98. The molecule has 1 aromatic carbocycles. The smallest absolute Gasteiger partial charge is 0.303 e. The highest BCUT2D eigenvalue weighted by molar-refractivity contribution is 5.67. The maximum absolute atomic E-state index is 10.7. The van der Waals surface area contributed by atoms with Crippen LogP contribution >= 0.6 is 0 Å². The van der Waals surface area contributed by atoms with Crippen LogP contribution in [0.4, 0.5) is 5.69 Å². The zero-order valence-corrected chi connectivity index (χ0v) is 12.0. The molecule has 1 aliphatic heterocycles. The van der Waals surface area contributed by atoms with Crippen LogP contribution in [0.5, 0.6) is 0 Å². The lowest BCUT2D eigenvalue weighted by Gasteiger charge is -2.33. The van der Waals surface area contributed by atoms with E-state index in [1.165, 1.54) is 43.4 Å². The van der Waals surface area contributed by atoms with Crippen LogP contribution in [-0.4, -0.2) is 23.7 Å². The average molecular weight is 273 g/mol. The first-order valence-electron chi connectivity index (χ1n) is 7.84. The molecule has 1 heterocycles. The summed E-state index contributed by atoms with van der Waals surface area (Å²) in [4.78, 5) is 13.3. The number of carbonyl (C=O) groups is 1. The Morgan fingerprint density at radius 1 is 1.25 bits per heavy atom. The minimum absolute atomic E-state index is 0.224. The summed E-state index contributed by atoms with van der Waals surface area (Å²) in [6.45, 7) is 1.14. The SMILES string of the molecule is O=C(O)CCc1ccc2c(c1)N(C1CCCCC1)CC2. The van der Waals surface area contributed by atoms with Gasteiger partial charge in [-0.1, -0.05) is 31.4 Å². The Hall–Kier alpha value is -1.51. The maximum Gasteiger partial charge on any atom is 0.303 e. The second kappa shape index (κ2) is 5.86. The molecule has 3 rings (SSSR count). The second-order valence-corrected chi connectivity index (χ2v) is 6.09. The van der Waals surface area contributed by atoms with Gasteiger partial charge >= 0.3 is 5.97 Å². The van der Waals surface area contributed by atoms with Crippen LogP contribution in [0.2, 0.25) is 0 Å². The first-order chi connectivity index (χ1) is 9.74. The molecule has 0 amide bonds. The number of benzene rings is 1. The molecule has 3 nitrogen and oxygen atoms in total. The Morgan fingerprint density at radius 3 is 2.80 bits per heavy atom. The lowest BCUT2D eigenvalue weighted by atomic mass is 9.94. The van der Waals surface area contributed by atoms with Crippen molar-refractivity contribution in [3.63, 3.8) is 0 Å². The Morgan fingerprint density at radius 2 is 2.05 bits per heavy atom. The molecule has 0 spiro atoms. The minimum Gasteiger partial charge on any atom is -0.481 e. The van der Waals surface area contributed by atoms with Gasteiger partial charge in [0.2, 0.25) is 0 Å². The molecule has 20 heavy (non-hydrogen) atoms. The lowest BCUT2D eigenvalue weighted by molar-refractivity contribution is -0.136. The first-order valence-corrected chi connectivity index (χ1v) is 7.84. The van der Waals surface area contributed by atoms with E-state index in [1.807, 2.05) is 0 Å². The van der Waals surface area contributed by atoms with Crippen LogP contribution in [-0.2, 0) is 17.6 Å². The summed E-state index contributed by atoms with van der Waals surface area (Å²) in [7, 11) is 0. The number of rotatable bonds is 4. The molecule has 0 unspecified atom stereocenters. The van der Waals surface area contributed by atoms with Crippen molar-refractivity contribution >= 4 is 11.7 Å². The highest BCUT2D eigenvalue weighted by atomic mass is 16.4. The molecule has 1 fully saturated rings. The molecule has 0 atom stereocenters. The lowest BCUT2D eigenvalue weighted by Crippen LogP contribution is -2.35. The van der Waals surface area contributed by atoms with Gasteiger partial charge in [0.05, 0.1) is 0 Å². The second-order valence-electron chi connectivity index (χ2n) is 6.09. The number of hydrogen-bond acceptors (Lipinski definition) is 2. The standard InChI is InChI=1S/C17H23NO2/c19-17(20)9-7-13-6-8-14-10-11-18(16(14)12-13)15-4-2-1-3-5-15/h6,8,12,15H,1-5,7,9-11H2,(H,19,20). The van der Waals surface area contributed by atoms with Crippen molar-refractivity contribution < 1.29 is 9.90 Å². The summed E-state index contributed by atoms with van der Waals surface area (Å²) < 4.78 is 0. The van der Waals surface area contributed by atoms with E-state index in [9.17, 15) is 4.79 Å². The maximum atomic E-state index is 10.7. The molecule has 1 saturated carbocycles. The largest absolute Gasteiger partial charge is 0.481 e. The van der Waals surface area contributed by atoms with E-state index < -0.39 is 5.97 Å². The number of hydrogen-bond donors (Lipinski definition) is 1. The van der Waals surface area contributed by atoms with Gasteiger partial charge in [0.1, 0.15) is 0 Å². The monoisotopic (exact) mass is 273 g/mol. The number of aliphatic carboxylic acids is 1. The van der Waals surface area contributed by atoms with E-state index in [-0.39, 0.29) is 6.42 Å². The highest BCUT2D eigenvalue weighted by Crippen LogP contribution is 2.35. The van der Waals surface area contributed by atoms with Crippen molar-refractivity contribution in [1.29, 1.82) is 0 Å². The predicted octanol–water partition coefficient (Wildman–Crippen LogP) is 3.40. The molecule has 1 N–H and O–H groups in total. The van der Waals surface area contributed by atoms with Gasteiger partial charge in [-0.15, -0.1) is 0 Å². The molecule has 0 aromatic heterocycles. The number of anilines is 1. The van der Waals surface area contributed by atoms with Gasteiger partial charge in [0, 0.05) is 24.7 Å². The average Bonchev–Trinajstić information content (AvgIpc) is 2.89. The van der Waals surface area contributed by atoms with Gasteiger partial charge in [-0.25, -0.2) is 0 Å². The van der Waals surface area contributed by atoms with Crippen molar-refractivity contribution in [3.05, 3.63) is 29.3 Å². The number of fused-ring (bicyclic) bond motifs is 1. The van der Waals surface area contributed by atoms with Crippen molar-refractivity contribution in [2.75, 3.05) is 11.4 Å². The van der Waals surface area contributed by atoms with Crippen LogP contribution in [0.25, 0.3) is 0 Å². The van der Waals surface area contributed by atoms with E-state index >= 15 is 0 Å². The van der Waals surface area contributed by atoms with Crippen LogP contribution in [0.15, 0.2) is 18.2 Å². The quantitative estimate of drug-likeness (QED) is 0.914. The summed E-state index contributed by atoms with van der Waals surface area (Å²) >= 11 is 0. The number of carboxylic acid groups (broad SMARTS) is 1. The van der Waals surface area contributed by atoms with E-state index in [2.05, 4.69) is 23.1 Å². The normalized spacial score (nSPS) is 19.1. The number of carboxylic acids is 1. The molecular formula is C17H23NO2. The fraction of sp³-hybridized carbons (Fsp3) is 0.588. The molecule has 0 radical (unpaired) electrons. The minimum atomic E-state index is -0.713. The third kappa shape index (κ3) is 2.82. The predicted molar refractivity (Wildman–Crippen MR) is 80.3 cm³/mol. The Kier molecular flexibility index (Phi) is 3.95. The van der Waals surface area contributed by atoms with Gasteiger partial charge in [-0.2, -0.15) is 0 Å². The van der Waals surface area contributed by atoms with Gasteiger partial charge < -0.3 is 10.0 Å². The van der Waals surface area contributed by atoms with Crippen molar-refractivity contribution in [2.45, 2.75) is 57.4 Å². The van der Waals surface area contributed by atoms with Crippen LogP contribution in [0, 0.1) is 0 Å². The van der Waals surface area contributed by atoms with Gasteiger partial charge in [-0.05, 0) is 42.9 Å². The van der Waals surface area contributed by atoms with E-state index in [0.29, 0.717) is 12.5 Å². The van der Waals surface area contributed by atoms with E-state index in [4.69, 9.17) is 5.11 Å². The fourth-order valence-electron chi connectivity index (χ4n) is 3.63. The molecule has 1 aromatic rings. The third-order valence-corrected chi connectivity index (χ3v) is 4.72. The van der Waals surface area contributed by atoms with Crippen LogP contribution in [0.3, 0.4) is 0 Å². The van der Waals surface area contributed by atoms with Crippen molar-refractivity contribution in [3.8, 4) is 0 Å². The number of nitrogens with zero attached hydrogens (tertiary/aromatic N) is 1. The highest BCUT2D eigenvalue weighted by Gasteiger charge is 2.27. The molecule has 0 saturated heterocycles. The van der Waals surface area contributed by atoms with E-state index in [0.717, 1.165) is 18.5 Å². The number of aryl methyl sites for hydroxylation is 1. The zero-order chi connectivity index (χ0) is 13.9. The Labute approximate surface area is 120 Å². The van der Waals surface area contributed by atoms with Gasteiger partial charge in [0.25, 0.3) is 0 Å². The Balaban J connectivity index is 1.76. The van der Waals surface area contributed by atoms with Gasteiger partial charge in [-0.3, -0.25) is 4.79 Å². The molecule has 108 valence electrons. The fourth-order valence-corrected chi connectivity index (χ4v) is 3.63. The van der Waals surface area contributed by atoms with E-state index in [1.54, 1.807) is 0 Å². The van der Waals surface area contributed by atoms with Crippen LogP contribution < -0.4 is 4.90 Å². The third-order valence-electron chi connectivity index (χ3n) is 4.72. The summed E-state index contributed by atoms with van der Waals surface area (Å²) in [5.74, 6) is -0.713. The molecule has 0 bridgehead atoms. The molecule has 1 aliphatic carbocycles. The Bertz CT molecular complexity index is 492. The summed E-state index contributed by atoms with van der Waals surface area (Å²) in [5, 5.41) is 8.81. The van der Waals surface area contributed by atoms with Crippen molar-refractivity contribution in [1.82, 2.24) is 0 Å². The first kappa shape index (κ1) is 13.5. The van der Waals surface area contributed by atoms with Crippen LogP contribution in [0.1, 0.15) is 49.7 Å². The molecule has 2 aliphatic rings. The molecular weight excluding hydrogens is 250 g/mol. The summed E-state index contributed by atoms with van der Waals surface area (Å²) in [6, 6.07) is 7.25. The molecule has 3 heteroatoms. The zero-order valence-electron chi connectivity index (χ0n) is 12.0.